The minimum atomic E-state index is -3.63. The maximum Gasteiger partial charge on any atom is 0.265 e. The lowest BCUT2D eigenvalue weighted by Gasteiger charge is -2.25. The summed E-state index contributed by atoms with van der Waals surface area (Å²) in [4.78, 5) is 5.23. The Hall–Kier alpha value is -1.42. The van der Waals surface area contributed by atoms with Crippen LogP contribution in [0.4, 0.5) is 0 Å². The fourth-order valence-electron chi connectivity index (χ4n) is 1.61. The van der Waals surface area contributed by atoms with E-state index in [1.165, 1.54) is 12.1 Å². The molecule has 0 N–H and O–H groups in total. The molecule has 2 rings (SSSR count). The van der Waals surface area contributed by atoms with Gasteiger partial charge >= 0.3 is 0 Å². The van der Waals surface area contributed by atoms with Crippen LogP contribution in [-0.4, -0.2) is 26.0 Å². The zero-order valence-electron chi connectivity index (χ0n) is 9.17. The van der Waals surface area contributed by atoms with Gasteiger partial charge in [0, 0.05) is 6.54 Å². The summed E-state index contributed by atoms with van der Waals surface area (Å²) in [7, 11) is -3.63. The minimum Gasteiger partial charge on any atom is -0.284 e. The minimum absolute atomic E-state index is 0.0958. The van der Waals surface area contributed by atoms with Crippen molar-refractivity contribution in [3.63, 3.8) is 0 Å². The van der Waals surface area contributed by atoms with Crippen molar-refractivity contribution in [2.45, 2.75) is 17.7 Å². The maximum absolute atomic E-state index is 12.1. The van der Waals surface area contributed by atoms with Crippen molar-refractivity contribution >= 4 is 10.0 Å². The molecule has 90 valence electrons. The molecule has 1 aliphatic rings. The van der Waals surface area contributed by atoms with E-state index in [0.717, 1.165) is 17.3 Å². The zero-order valence-corrected chi connectivity index (χ0v) is 9.98. The van der Waals surface area contributed by atoms with Gasteiger partial charge in [-0.25, -0.2) is 8.42 Å². The largest absolute Gasteiger partial charge is 0.284 e. The molecule has 1 aromatic carbocycles. The molecule has 0 amide bonds. The van der Waals surface area contributed by atoms with Crippen LogP contribution in [0, 0.1) is 11.3 Å². The second kappa shape index (κ2) is 4.84. The molecular formula is C11H12N2O3S. The number of benzene rings is 1. The van der Waals surface area contributed by atoms with Crippen molar-refractivity contribution in [3.8, 4) is 6.07 Å². The summed E-state index contributed by atoms with van der Waals surface area (Å²) in [6, 6.07) is 7.86. The highest BCUT2D eigenvalue weighted by Crippen LogP contribution is 2.20. The normalized spacial score (nSPS) is 17.6. The van der Waals surface area contributed by atoms with Gasteiger partial charge in [-0.05, 0) is 31.0 Å². The van der Waals surface area contributed by atoms with Crippen LogP contribution in [0.5, 0.6) is 0 Å². The van der Waals surface area contributed by atoms with Crippen molar-refractivity contribution in [1.82, 2.24) is 4.47 Å². The van der Waals surface area contributed by atoms with Gasteiger partial charge in [0.1, 0.15) is 0 Å². The van der Waals surface area contributed by atoms with Crippen LogP contribution in [0.1, 0.15) is 18.4 Å². The van der Waals surface area contributed by atoms with E-state index >= 15 is 0 Å². The highest BCUT2D eigenvalue weighted by Gasteiger charge is 2.27. The highest BCUT2D eigenvalue weighted by atomic mass is 32.2. The average Bonchev–Trinajstić information content (AvgIpc) is 2.40. The number of sulfonamides is 1. The van der Waals surface area contributed by atoms with E-state index in [2.05, 4.69) is 0 Å². The van der Waals surface area contributed by atoms with Gasteiger partial charge in [0.05, 0.1) is 23.1 Å². The highest BCUT2D eigenvalue weighted by molar-refractivity contribution is 7.89. The summed E-state index contributed by atoms with van der Waals surface area (Å²) in [6.07, 6.45) is 1.65. The first-order chi connectivity index (χ1) is 8.14. The van der Waals surface area contributed by atoms with E-state index < -0.39 is 10.0 Å². The molecule has 1 saturated heterocycles. The van der Waals surface area contributed by atoms with E-state index in [9.17, 15) is 8.42 Å². The molecule has 5 nitrogen and oxygen atoms in total. The molecule has 0 spiro atoms. The Bertz CT molecular complexity index is 542. The first-order valence-electron chi connectivity index (χ1n) is 5.30. The monoisotopic (exact) mass is 252 g/mol. The van der Waals surface area contributed by atoms with Gasteiger partial charge < -0.3 is 0 Å². The van der Waals surface area contributed by atoms with E-state index in [4.69, 9.17) is 10.1 Å². The predicted molar refractivity (Wildman–Crippen MR) is 60.2 cm³/mol. The second-order valence-corrected chi connectivity index (χ2v) is 5.54. The molecule has 1 heterocycles. The third kappa shape index (κ3) is 2.47. The third-order valence-corrected chi connectivity index (χ3v) is 4.17. The van der Waals surface area contributed by atoms with Gasteiger partial charge in [0.15, 0.2) is 0 Å². The Morgan fingerprint density at radius 2 is 2.18 bits per heavy atom. The summed E-state index contributed by atoms with van der Waals surface area (Å²) < 4.78 is 25.3. The molecule has 6 heteroatoms. The van der Waals surface area contributed by atoms with Crippen LogP contribution in [0.3, 0.4) is 0 Å². The SMILES string of the molecule is N#Cc1cccc(S(=O)(=O)N2CCCCO2)c1. The molecule has 17 heavy (non-hydrogen) atoms. The van der Waals surface area contributed by atoms with Crippen molar-refractivity contribution in [1.29, 1.82) is 5.26 Å². The fraction of sp³-hybridized carbons (Fsp3) is 0.364. The van der Waals surface area contributed by atoms with Gasteiger partial charge in [0.25, 0.3) is 10.0 Å². The summed E-state index contributed by atoms with van der Waals surface area (Å²) in [5.41, 5.74) is 0.322. The first kappa shape index (κ1) is 12.0. The van der Waals surface area contributed by atoms with Crippen LogP contribution in [0.25, 0.3) is 0 Å². The average molecular weight is 252 g/mol. The quantitative estimate of drug-likeness (QED) is 0.794. The molecule has 0 unspecified atom stereocenters. The van der Waals surface area contributed by atoms with Crippen molar-refractivity contribution in [2.75, 3.05) is 13.2 Å². The molecule has 0 atom stereocenters. The third-order valence-electron chi connectivity index (χ3n) is 2.50. The zero-order chi connectivity index (χ0) is 12.3. The van der Waals surface area contributed by atoms with Crippen molar-refractivity contribution < 1.29 is 13.3 Å². The van der Waals surface area contributed by atoms with Gasteiger partial charge in [-0.2, -0.15) is 5.26 Å². The lowest BCUT2D eigenvalue weighted by Crippen LogP contribution is -2.35. The van der Waals surface area contributed by atoms with Crippen LogP contribution >= 0.6 is 0 Å². The van der Waals surface area contributed by atoms with Crippen molar-refractivity contribution in [3.05, 3.63) is 29.8 Å². The van der Waals surface area contributed by atoms with E-state index in [1.807, 2.05) is 6.07 Å². The van der Waals surface area contributed by atoms with Crippen LogP contribution < -0.4 is 0 Å². The standard InChI is InChI=1S/C11H12N2O3S/c12-9-10-4-3-5-11(8-10)17(14,15)13-6-1-2-7-16-13/h3-5,8H,1-2,6-7H2. The van der Waals surface area contributed by atoms with Crippen molar-refractivity contribution in [2.24, 2.45) is 0 Å². The Labute approximate surface area is 100 Å². The Morgan fingerprint density at radius 3 is 2.82 bits per heavy atom. The molecule has 1 aromatic rings. The molecule has 0 radical (unpaired) electrons. The number of nitriles is 1. The van der Waals surface area contributed by atoms with E-state index in [-0.39, 0.29) is 4.90 Å². The van der Waals surface area contributed by atoms with Gasteiger partial charge in [0.2, 0.25) is 0 Å². The number of hydrogen-bond donors (Lipinski definition) is 0. The smallest absolute Gasteiger partial charge is 0.265 e. The molecular weight excluding hydrogens is 240 g/mol. The fourth-order valence-corrected chi connectivity index (χ4v) is 2.95. The number of rotatable bonds is 2. The van der Waals surface area contributed by atoms with Gasteiger partial charge in [-0.15, -0.1) is 0 Å². The number of hydrogen-bond acceptors (Lipinski definition) is 4. The number of nitrogens with zero attached hydrogens (tertiary/aromatic N) is 2. The van der Waals surface area contributed by atoms with E-state index in [0.29, 0.717) is 18.7 Å². The van der Waals surface area contributed by atoms with Gasteiger partial charge in [-0.1, -0.05) is 10.5 Å². The molecule has 0 saturated carbocycles. The Balaban J connectivity index is 2.34. The van der Waals surface area contributed by atoms with Crippen LogP contribution in [0.15, 0.2) is 29.2 Å². The molecule has 1 aliphatic heterocycles. The topological polar surface area (TPSA) is 70.4 Å². The Kier molecular flexibility index (Phi) is 3.43. The summed E-state index contributed by atoms with van der Waals surface area (Å²) in [6.45, 7) is 0.774. The lowest BCUT2D eigenvalue weighted by molar-refractivity contribution is -0.108. The Morgan fingerprint density at radius 1 is 1.35 bits per heavy atom. The maximum atomic E-state index is 12.1. The second-order valence-electron chi connectivity index (χ2n) is 3.71. The predicted octanol–water partition coefficient (Wildman–Crippen LogP) is 1.27. The molecule has 0 aromatic heterocycles. The lowest BCUT2D eigenvalue weighted by atomic mass is 10.2. The van der Waals surface area contributed by atoms with Gasteiger partial charge in [-0.3, -0.25) is 4.84 Å². The molecule has 0 aliphatic carbocycles. The van der Waals surface area contributed by atoms with Crippen LogP contribution in [-0.2, 0) is 14.9 Å². The summed E-state index contributed by atoms with van der Waals surface area (Å²) in [5.74, 6) is 0. The first-order valence-corrected chi connectivity index (χ1v) is 6.74. The molecule has 0 bridgehead atoms. The summed E-state index contributed by atoms with van der Waals surface area (Å²) in [5, 5.41) is 8.75. The summed E-state index contributed by atoms with van der Waals surface area (Å²) >= 11 is 0. The number of hydroxylamine groups is 1. The van der Waals surface area contributed by atoms with E-state index in [1.54, 1.807) is 12.1 Å². The van der Waals surface area contributed by atoms with Crippen LogP contribution in [0.2, 0.25) is 0 Å². The molecule has 1 fully saturated rings.